The van der Waals surface area contributed by atoms with E-state index in [1.807, 2.05) is 6.07 Å². The molecule has 4 heteroatoms. The van der Waals surface area contributed by atoms with Crippen LogP contribution in [0.3, 0.4) is 0 Å². The van der Waals surface area contributed by atoms with E-state index in [1.54, 1.807) is 7.11 Å². The van der Waals surface area contributed by atoms with E-state index in [-0.39, 0.29) is 0 Å². The van der Waals surface area contributed by atoms with Crippen molar-refractivity contribution in [1.82, 2.24) is 5.32 Å². The van der Waals surface area contributed by atoms with Crippen LogP contribution in [0.25, 0.3) is 0 Å². The molecule has 1 aromatic rings. The molecule has 0 aliphatic rings. The van der Waals surface area contributed by atoms with E-state index in [9.17, 15) is 0 Å². The van der Waals surface area contributed by atoms with Crippen LogP contribution in [0.2, 0.25) is 5.02 Å². The minimum atomic E-state index is 0.651. The SMILES string of the molecule is CCN(CCOC)c1ccc(CNCC(C)C)c(Cl)c1. The van der Waals surface area contributed by atoms with Gasteiger partial charge in [-0.3, -0.25) is 0 Å². The molecule has 0 aromatic heterocycles. The van der Waals surface area contributed by atoms with Gasteiger partial charge in [0.25, 0.3) is 0 Å². The fraction of sp³-hybridized carbons (Fsp3) is 0.625. The van der Waals surface area contributed by atoms with Gasteiger partial charge in [-0.1, -0.05) is 31.5 Å². The summed E-state index contributed by atoms with van der Waals surface area (Å²) in [7, 11) is 1.73. The molecule has 0 aliphatic carbocycles. The first-order valence-corrected chi connectivity index (χ1v) is 7.69. The van der Waals surface area contributed by atoms with Crippen molar-refractivity contribution < 1.29 is 4.74 Å². The third kappa shape index (κ3) is 5.70. The molecule has 20 heavy (non-hydrogen) atoms. The van der Waals surface area contributed by atoms with Crippen LogP contribution in [0, 0.1) is 5.92 Å². The van der Waals surface area contributed by atoms with Gasteiger partial charge in [0, 0.05) is 37.5 Å². The van der Waals surface area contributed by atoms with Crippen molar-refractivity contribution >= 4 is 17.3 Å². The standard InChI is InChI=1S/C16H27ClN2O/c1-5-19(8-9-20-4)15-7-6-14(16(17)10-15)12-18-11-13(2)3/h6-7,10,13,18H,5,8-9,11-12H2,1-4H3. The lowest BCUT2D eigenvalue weighted by molar-refractivity contribution is 0.205. The second kappa shape index (κ2) is 9.22. The molecule has 0 atom stereocenters. The number of methoxy groups -OCH3 is 1. The molecule has 0 heterocycles. The van der Waals surface area contributed by atoms with Crippen molar-refractivity contribution in [3.63, 3.8) is 0 Å². The van der Waals surface area contributed by atoms with Crippen LogP contribution in [0.1, 0.15) is 26.3 Å². The van der Waals surface area contributed by atoms with Crippen LogP contribution >= 0.6 is 11.6 Å². The Hall–Kier alpha value is -0.770. The summed E-state index contributed by atoms with van der Waals surface area (Å²) in [6.45, 7) is 10.9. The van der Waals surface area contributed by atoms with Crippen LogP contribution in [-0.2, 0) is 11.3 Å². The molecule has 1 rings (SSSR count). The average Bonchev–Trinajstić information content (AvgIpc) is 2.41. The number of nitrogens with zero attached hydrogens (tertiary/aromatic N) is 1. The molecule has 3 nitrogen and oxygen atoms in total. The van der Waals surface area contributed by atoms with E-state index < -0.39 is 0 Å². The Labute approximate surface area is 128 Å². The molecule has 0 aliphatic heterocycles. The monoisotopic (exact) mass is 298 g/mol. The van der Waals surface area contributed by atoms with Gasteiger partial charge in [-0.2, -0.15) is 0 Å². The number of likely N-dealkylation sites (N-methyl/N-ethyl adjacent to an activating group) is 1. The molecular formula is C16H27ClN2O. The third-order valence-corrected chi connectivity index (χ3v) is 3.57. The maximum Gasteiger partial charge on any atom is 0.0637 e. The van der Waals surface area contributed by atoms with Crippen LogP contribution in [0.4, 0.5) is 5.69 Å². The van der Waals surface area contributed by atoms with Gasteiger partial charge in [-0.25, -0.2) is 0 Å². The molecule has 114 valence electrons. The normalized spacial score (nSPS) is 11.1. The summed E-state index contributed by atoms with van der Waals surface area (Å²) in [5, 5.41) is 4.25. The highest BCUT2D eigenvalue weighted by atomic mass is 35.5. The number of anilines is 1. The summed E-state index contributed by atoms with van der Waals surface area (Å²) < 4.78 is 5.14. The number of rotatable bonds is 9. The van der Waals surface area contributed by atoms with Gasteiger partial charge in [0.2, 0.25) is 0 Å². The Morgan fingerprint density at radius 2 is 2.10 bits per heavy atom. The van der Waals surface area contributed by atoms with Gasteiger partial charge in [0.15, 0.2) is 0 Å². The second-order valence-electron chi connectivity index (χ2n) is 5.37. The van der Waals surface area contributed by atoms with E-state index >= 15 is 0 Å². The van der Waals surface area contributed by atoms with Crippen molar-refractivity contribution in [3.8, 4) is 0 Å². The Kier molecular flexibility index (Phi) is 7.97. The molecule has 0 radical (unpaired) electrons. The molecule has 0 amide bonds. The Balaban J connectivity index is 2.65. The summed E-state index contributed by atoms with van der Waals surface area (Å²) in [5.74, 6) is 0.651. The first kappa shape index (κ1) is 17.3. The number of hydrogen-bond donors (Lipinski definition) is 1. The van der Waals surface area contributed by atoms with Gasteiger partial charge in [-0.05, 0) is 37.1 Å². The number of ether oxygens (including phenoxy) is 1. The van der Waals surface area contributed by atoms with Crippen molar-refractivity contribution in [2.75, 3.05) is 38.3 Å². The molecule has 1 aromatic carbocycles. The molecule has 0 fully saturated rings. The summed E-state index contributed by atoms with van der Waals surface area (Å²) in [4.78, 5) is 2.26. The first-order valence-electron chi connectivity index (χ1n) is 7.31. The highest BCUT2D eigenvalue weighted by molar-refractivity contribution is 6.31. The Bertz CT molecular complexity index is 396. The van der Waals surface area contributed by atoms with Crippen molar-refractivity contribution in [3.05, 3.63) is 28.8 Å². The van der Waals surface area contributed by atoms with Crippen LogP contribution in [0.15, 0.2) is 18.2 Å². The van der Waals surface area contributed by atoms with Gasteiger partial charge in [0.05, 0.1) is 6.61 Å². The molecule has 0 saturated heterocycles. The molecular weight excluding hydrogens is 272 g/mol. The number of halogens is 1. The minimum Gasteiger partial charge on any atom is -0.383 e. The van der Waals surface area contributed by atoms with Crippen molar-refractivity contribution in [1.29, 1.82) is 0 Å². The highest BCUT2D eigenvalue weighted by Crippen LogP contribution is 2.23. The van der Waals surface area contributed by atoms with Gasteiger partial charge < -0.3 is 15.0 Å². The summed E-state index contributed by atoms with van der Waals surface area (Å²) in [5.41, 5.74) is 2.31. The topological polar surface area (TPSA) is 24.5 Å². The lowest BCUT2D eigenvalue weighted by Crippen LogP contribution is -2.26. The van der Waals surface area contributed by atoms with E-state index in [0.29, 0.717) is 5.92 Å². The summed E-state index contributed by atoms with van der Waals surface area (Å²) in [6.07, 6.45) is 0. The largest absolute Gasteiger partial charge is 0.383 e. The van der Waals surface area contributed by atoms with Gasteiger partial charge in [0.1, 0.15) is 0 Å². The fourth-order valence-corrected chi connectivity index (χ4v) is 2.28. The third-order valence-electron chi connectivity index (χ3n) is 3.22. The minimum absolute atomic E-state index is 0.651. The van der Waals surface area contributed by atoms with Crippen LogP contribution in [-0.4, -0.2) is 33.4 Å². The van der Waals surface area contributed by atoms with E-state index in [0.717, 1.165) is 49.1 Å². The van der Waals surface area contributed by atoms with Crippen molar-refractivity contribution in [2.24, 2.45) is 5.92 Å². The number of benzene rings is 1. The zero-order chi connectivity index (χ0) is 15.0. The second-order valence-corrected chi connectivity index (χ2v) is 5.78. The first-order chi connectivity index (χ1) is 9.58. The van der Waals surface area contributed by atoms with Gasteiger partial charge >= 0.3 is 0 Å². The Morgan fingerprint density at radius 1 is 1.35 bits per heavy atom. The quantitative estimate of drug-likeness (QED) is 0.754. The zero-order valence-corrected chi connectivity index (χ0v) is 13.8. The molecule has 0 saturated carbocycles. The predicted octanol–water partition coefficient (Wildman–Crippen LogP) is 3.56. The van der Waals surface area contributed by atoms with E-state index in [1.165, 1.54) is 0 Å². The summed E-state index contributed by atoms with van der Waals surface area (Å²) in [6, 6.07) is 6.30. The molecule has 0 unspecified atom stereocenters. The lowest BCUT2D eigenvalue weighted by atomic mass is 10.1. The van der Waals surface area contributed by atoms with Gasteiger partial charge in [-0.15, -0.1) is 0 Å². The van der Waals surface area contributed by atoms with E-state index in [2.05, 4.69) is 43.1 Å². The Morgan fingerprint density at radius 3 is 2.65 bits per heavy atom. The number of nitrogens with one attached hydrogen (secondary N) is 1. The average molecular weight is 299 g/mol. The zero-order valence-electron chi connectivity index (χ0n) is 13.1. The molecule has 0 spiro atoms. The molecule has 0 bridgehead atoms. The van der Waals surface area contributed by atoms with Crippen LogP contribution in [0.5, 0.6) is 0 Å². The predicted molar refractivity (Wildman–Crippen MR) is 87.8 cm³/mol. The summed E-state index contributed by atoms with van der Waals surface area (Å²) >= 11 is 6.38. The van der Waals surface area contributed by atoms with Crippen molar-refractivity contribution in [2.45, 2.75) is 27.3 Å². The number of hydrogen-bond acceptors (Lipinski definition) is 3. The maximum atomic E-state index is 6.38. The highest BCUT2D eigenvalue weighted by Gasteiger charge is 2.07. The fourth-order valence-electron chi connectivity index (χ4n) is 2.04. The van der Waals surface area contributed by atoms with Crippen LogP contribution < -0.4 is 10.2 Å². The smallest absolute Gasteiger partial charge is 0.0637 e. The maximum absolute atomic E-state index is 6.38. The lowest BCUT2D eigenvalue weighted by Gasteiger charge is -2.23. The molecule has 1 N–H and O–H groups in total. The van der Waals surface area contributed by atoms with E-state index in [4.69, 9.17) is 16.3 Å².